The van der Waals surface area contributed by atoms with Gasteiger partial charge in [-0.3, -0.25) is 14.2 Å². The average molecular weight is 446 g/mol. The van der Waals surface area contributed by atoms with Gasteiger partial charge in [0.25, 0.3) is 5.56 Å². The lowest BCUT2D eigenvalue weighted by atomic mass is 10.1. The molecular formula is C26H27N3O2S. The normalized spacial score (nSPS) is 12.1. The molecule has 0 bridgehead atoms. The Morgan fingerprint density at radius 2 is 1.81 bits per heavy atom. The smallest absolute Gasteiger partial charge is 0.266 e. The molecule has 1 unspecified atom stereocenters. The van der Waals surface area contributed by atoms with Gasteiger partial charge in [-0.15, -0.1) is 11.3 Å². The van der Waals surface area contributed by atoms with Crippen LogP contribution < -0.4 is 5.56 Å². The van der Waals surface area contributed by atoms with Crippen molar-refractivity contribution in [3.8, 4) is 5.69 Å². The van der Waals surface area contributed by atoms with Gasteiger partial charge in [-0.1, -0.05) is 49.7 Å². The molecule has 4 aromatic rings. The van der Waals surface area contributed by atoms with Crippen LogP contribution in [0.2, 0.25) is 0 Å². The van der Waals surface area contributed by atoms with E-state index in [1.54, 1.807) is 22.0 Å². The van der Waals surface area contributed by atoms with Gasteiger partial charge in [0.2, 0.25) is 5.91 Å². The van der Waals surface area contributed by atoms with Gasteiger partial charge in [-0.2, -0.15) is 0 Å². The molecule has 0 N–H and O–H groups in total. The Morgan fingerprint density at radius 1 is 1.06 bits per heavy atom. The summed E-state index contributed by atoms with van der Waals surface area (Å²) in [6.07, 6.45) is 2.23. The zero-order valence-electron chi connectivity index (χ0n) is 18.4. The molecule has 4 rings (SSSR count). The number of thiophene rings is 1. The fourth-order valence-corrected chi connectivity index (χ4v) is 4.62. The third-order valence-electron chi connectivity index (χ3n) is 5.64. The van der Waals surface area contributed by atoms with Crippen molar-refractivity contribution in [1.82, 2.24) is 14.5 Å². The highest BCUT2D eigenvalue weighted by Gasteiger charge is 2.26. The first-order valence-corrected chi connectivity index (χ1v) is 11.9. The van der Waals surface area contributed by atoms with Crippen LogP contribution in [0, 0.1) is 0 Å². The summed E-state index contributed by atoms with van der Waals surface area (Å²) in [7, 11) is 0. The van der Waals surface area contributed by atoms with E-state index in [4.69, 9.17) is 4.98 Å². The number of benzene rings is 2. The number of amides is 1. The summed E-state index contributed by atoms with van der Waals surface area (Å²) in [6.45, 7) is 4.71. The molecule has 0 aliphatic heterocycles. The maximum absolute atomic E-state index is 13.5. The number of carbonyl (C=O) groups excluding carboxylic acids is 1. The monoisotopic (exact) mass is 445 g/mol. The molecule has 6 heteroatoms. The van der Waals surface area contributed by atoms with Crippen LogP contribution in [0.15, 0.2) is 76.9 Å². The van der Waals surface area contributed by atoms with Gasteiger partial charge in [0, 0.05) is 11.4 Å². The standard InChI is InChI=1S/C26H27N3O2S/c1-3-4-16-28(24(30)18-21-13-10-17-32-21)19(2)25-27-23-15-9-8-14-22(23)26(31)29(25)20-11-6-5-7-12-20/h5-15,17,19H,3-4,16,18H2,1-2H3. The molecule has 1 amide bonds. The first-order valence-electron chi connectivity index (χ1n) is 11.0. The predicted molar refractivity (Wildman–Crippen MR) is 130 cm³/mol. The van der Waals surface area contributed by atoms with Crippen molar-refractivity contribution in [1.29, 1.82) is 0 Å². The number of carbonyl (C=O) groups is 1. The summed E-state index contributed by atoms with van der Waals surface area (Å²) in [5.41, 5.74) is 1.27. The van der Waals surface area contributed by atoms with Crippen molar-refractivity contribution < 1.29 is 4.79 Å². The average Bonchev–Trinajstić information content (AvgIpc) is 3.32. The van der Waals surface area contributed by atoms with Gasteiger partial charge < -0.3 is 4.90 Å². The van der Waals surface area contributed by atoms with Crippen LogP contribution in [0.25, 0.3) is 16.6 Å². The Labute approximate surface area is 192 Å². The second-order valence-electron chi connectivity index (χ2n) is 7.84. The first-order chi connectivity index (χ1) is 15.6. The van der Waals surface area contributed by atoms with E-state index in [-0.39, 0.29) is 17.5 Å². The zero-order valence-corrected chi connectivity index (χ0v) is 19.2. The molecule has 164 valence electrons. The number of fused-ring (bicyclic) bond motifs is 1. The van der Waals surface area contributed by atoms with Crippen LogP contribution in [0.1, 0.15) is 43.4 Å². The van der Waals surface area contributed by atoms with Crippen LogP contribution in [0.3, 0.4) is 0 Å². The summed E-state index contributed by atoms with van der Waals surface area (Å²) in [5.74, 6) is 0.631. The number of nitrogens with zero attached hydrogens (tertiary/aromatic N) is 3. The molecule has 2 aromatic carbocycles. The maximum atomic E-state index is 13.5. The molecule has 0 radical (unpaired) electrons. The highest BCUT2D eigenvalue weighted by Crippen LogP contribution is 2.24. The lowest BCUT2D eigenvalue weighted by Gasteiger charge is -2.30. The Bertz CT molecular complexity index is 1250. The van der Waals surface area contributed by atoms with Crippen molar-refractivity contribution in [2.75, 3.05) is 6.54 Å². The number of aromatic nitrogens is 2. The van der Waals surface area contributed by atoms with Crippen molar-refractivity contribution in [2.45, 2.75) is 39.2 Å². The SMILES string of the molecule is CCCCN(C(=O)Cc1cccs1)C(C)c1nc2ccccc2c(=O)n1-c1ccccc1. The fraction of sp³-hybridized carbons (Fsp3) is 0.269. The first kappa shape index (κ1) is 22.0. The molecule has 0 aliphatic rings. The number of hydrogen-bond donors (Lipinski definition) is 0. The van der Waals surface area contributed by atoms with E-state index in [1.165, 1.54) is 0 Å². The van der Waals surface area contributed by atoms with Gasteiger partial charge >= 0.3 is 0 Å². The van der Waals surface area contributed by atoms with E-state index in [9.17, 15) is 9.59 Å². The van der Waals surface area contributed by atoms with Crippen LogP contribution >= 0.6 is 11.3 Å². The molecule has 0 spiro atoms. The molecule has 0 saturated heterocycles. The Morgan fingerprint density at radius 3 is 2.53 bits per heavy atom. The minimum Gasteiger partial charge on any atom is -0.332 e. The van der Waals surface area contributed by atoms with Gasteiger partial charge in [-0.05, 0) is 49.1 Å². The third-order valence-corrected chi connectivity index (χ3v) is 6.51. The second kappa shape index (κ2) is 9.92. The molecule has 2 aromatic heterocycles. The molecule has 5 nitrogen and oxygen atoms in total. The molecular weight excluding hydrogens is 418 g/mol. The van der Waals surface area contributed by atoms with Crippen LogP contribution in [0.4, 0.5) is 0 Å². The Kier molecular flexibility index (Phi) is 6.81. The summed E-state index contributed by atoms with van der Waals surface area (Å²) < 4.78 is 1.66. The number of rotatable bonds is 8. The minimum atomic E-state index is -0.355. The minimum absolute atomic E-state index is 0.0513. The van der Waals surface area contributed by atoms with Crippen molar-refractivity contribution in [2.24, 2.45) is 0 Å². The molecule has 1 atom stereocenters. The summed E-state index contributed by atoms with van der Waals surface area (Å²) >= 11 is 1.59. The topological polar surface area (TPSA) is 55.2 Å². The van der Waals surface area contributed by atoms with E-state index in [0.717, 1.165) is 23.4 Å². The van der Waals surface area contributed by atoms with E-state index in [1.807, 2.05) is 77.9 Å². The van der Waals surface area contributed by atoms with Crippen molar-refractivity contribution in [3.63, 3.8) is 0 Å². The lowest BCUT2D eigenvalue weighted by molar-refractivity contribution is -0.132. The van der Waals surface area contributed by atoms with Crippen LogP contribution in [-0.2, 0) is 11.2 Å². The largest absolute Gasteiger partial charge is 0.332 e. The second-order valence-corrected chi connectivity index (χ2v) is 8.87. The van der Waals surface area contributed by atoms with Gasteiger partial charge in [-0.25, -0.2) is 4.98 Å². The van der Waals surface area contributed by atoms with E-state index >= 15 is 0 Å². The Balaban J connectivity index is 1.83. The molecule has 32 heavy (non-hydrogen) atoms. The maximum Gasteiger partial charge on any atom is 0.266 e. The van der Waals surface area contributed by atoms with Crippen molar-refractivity contribution >= 4 is 28.1 Å². The molecule has 0 aliphatic carbocycles. The molecule has 2 heterocycles. The number of hydrogen-bond acceptors (Lipinski definition) is 4. The van der Waals surface area contributed by atoms with Crippen molar-refractivity contribution in [3.05, 3.63) is 93.2 Å². The summed E-state index contributed by atoms with van der Waals surface area (Å²) in [4.78, 5) is 34.7. The Hall–Kier alpha value is -3.25. The highest BCUT2D eigenvalue weighted by molar-refractivity contribution is 7.10. The van der Waals surface area contributed by atoms with E-state index in [0.29, 0.717) is 29.7 Å². The van der Waals surface area contributed by atoms with Crippen LogP contribution in [-0.4, -0.2) is 26.9 Å². The predicted octanol–water partition coefficient (Wildman–Crippen LogP) is 5.38. The summed E-state index contributed by atoms with van der Waals surface area (Å²) in [5, 5.41) is 2.55. The van der Waals surface area contributed by atoms with Gasteiger partial charge in [0.1, 0.15) is 5.82 Å². The highest BCUT2D eigenvalue weighted by atomic mass is 32.1. The number of para-hydroxylation sites is 2. The van der Waals surface area contributed by atoms with Gasteiger partial charge in [0.05, 0.1) is 29.1 Å². The zero-order chi connectivity index (χ0) is 22.5. The van der Waals surface area contributed by atoms with Gasteiger partial charge in [0.15, 0.2) is 0 Å². The van der Waals surface area contributed by atoms with E-state index < -0.39 is 0 Å². The number of unbranched alkanes of at least 4 members (excludes halogenated alkanes) is 1. The third kappa shape index (κ3) is 4.50. The molecule has 0 fully saturated rings. The lowest BCUT2D eigenvalue weighted by Crippen LogP contribution is -2.38. The quantitative estimate of drug-likeness (QED) is 0.366. The molecule has 0 saturated carbocycles. The fourth-order valence-electron chi connectivity index (χ4n) is 3.92. The summed E-state index contributed by atoms with van der Waals surface area (Å²) in [6, 6.07) is 20.5. The van der Waals surface area contributed by atoms with Crippen LogP contribution in [0.5, 0.6) is 0 Å². The van der Waals surface area contributed by atoms with E-state index in [2.05, 4.69) is 6.92 Å².